The van der Waals surface area contributed by atoms with Crippen LogP contribution >= 0.6 is 15.9 Å². The van der Waals surface area contributed by atoms with Crippen LogP contribution in [0.25, 0.3) is 0 Å². The molecule has 2 unspecified atom stereocenters. The van der Waals surface area contributed by atoms with Crippen molar-refractivity contribution in [3.8, 4) is 0 Å². The van der Waals surface area contributed by atoms with Crippen molar-refractivity contribution < 1.29 is 4.79 Å². The van der Waals surface area contributed by atoms with E-state index in [1.165, 1.54) is 5.56 Å². The molecule has 0 radical (unpaired) electrons. The van der Waals surface area contributed by atoms with Crippen LogP contribution in [0.2, 0.25) is 0 Å². The van der Waals surface area contributed by atoms with Gasteiger partial charge in [-0.15, -0.1) is 0 Å². The van der Waals surface area contributed by atoms with Gasteiger partial charge in [0.2, 0.25) is 5.91 Å². The molecule has 0 saturated heterocycles. The Kier molecular flexibility index (Phi) is 5.00. The van der Waals surface area contributed by atoms with Gasteiger partial charge in [-0.2, -0.15) is 0 Å². The Morgan fingerprint density at radius 3 is 2.56 bits per heavy atom. The molecular formula is C13H18BrNO. The summed E-state index contributed by atoms with van der Waals surface area (Å²) in [4.78, 5) is 11.4. The Labute approximate surface area is 106 Å². The smallest absolute Gasteiger partial charge is 0.237 e. The van der Waals surface area contributed by atoms with Gasteiger partial charge in [0.25, 0.3) is 0 Å². The van der Waals surface area contributed by atoms with E-state index in [1.54, 1.807) is 0 Å². The predicted octanol–water partition coefficient (Wildman–Crippen LogP) is 3.92. The first-order chi connectivity index (χ1) is 7.56. The van der Waals surface area contributed by atoms with Crippen LogP contribution in [0.3, 0.4) is 0 Å². The van der Waals surface area contributed by atoms with Gasteiger partial charge in [-0.1, -0.05) is 48.0 Å². The second-order valence-electron chi connectivity index (χ2n) is 4.00. The van der Waals surface area contributed by atoms with E-state index in [4.69, 9.17) is 0 Å². The normalized spacial score (nSPS) is 14.2. The molecule has 0 aromatic heterocycles. The third kappa shape index (κ3) is 3.34. The maximum atomic E-state index is 11.6. The van der Waals surface area contributed by atoms with Crippen molar-refractivity contribution in [1.82, 2.24) is 0 Å². The predicted molar refractivity (Wildman–Crippen MR) is 72.2 cm³/mol. The number of anilines is 1. The van der Waals surface area contributed by atoms with Crippen molar-refractivity contribution >= 4 is 27.5 Å². The quantitative estimate of drug-likeness (QED) is 0.834. The molecule has 1 aromatic rings. The molecule has 16 heavy (non-hydrogen) atoms. The summed E-state index contributed by atoms with van der Waals surface area (Å²) >= 11 is 3.26. The number of carbonyl (C=O) groups is 1. The lowest BCUT2D eigenvalue weighted by Crippen LogP contribution is -2.21. The third-order valence-corrected chi connectivity index (χ3v) is 3.14. The number of benzene rings is 1. The molecule has 0 aliphatic carbocycles. The van der Waals surface area contributed by atoms with Crippen LogP contribution in [-0.2, 0) is 4.79 Å². The van der Waals surface area contributed by atoms with Crippen molar-refractivity contribution in [2.75, 3.05) is 5.32 Å². The zero-order valence-electron chi connectivity index (χ0n) is 9.96. The van der Waals surface area contributed by atoms with Gasteiger partial charge in [-0.05, 0) is 30.9 Å². The first-order valence-corrected chi connectivity index (χ1v) is 6.51. The summed E-state index contributed by atoms with van der Waals surface area (Å²) in [7, 11) is 0. The van der Waals surface area contributed by atoms with E-state index in [0.717, 1.165) is 12.1 Å². The molecule has 1 N–H and O–H groups in total. The lowest BCUT2D eigenvalue weighted by molar-refractivity contribution is -0.115. The first-order valence-electron chi connectivity index (χ1n) is 5.60. The van der Waals surface area contributed by atoms with Gasteiger partial charge < -0.3 is 5.32 Å². The Morgan fingerprint density at radius 1 is 1.38 bits per heavy atom. The highest BCUT2D eigenvalue weighted by Gasteiger charge is 2.13. The molecule has 3 heteroatoms. The SMILES string of the molecule is CCC(C)c1ccccc1NC(=O)C(C)Br. The molecule has 1 aromatic carbocycles. The van der Waals surface area contributed by atoms with Gasteiger partial charge in [-0.25, -0.2) is 0 Å². The van der Waals surface area contributed by atoms with Gasteiger partial charge in [0.15, 0.2) is 0 Å². The molecule has 0 fully saturated rings. The molecule has 1 rings (SSSR count). The number of hydrogen-bond acceptors (Lipinski definition) is 1. The number of para-hydroxylation sites is 1. The monoisotopic (exact) mass is 283 g/mol. The average Bonchev–Trinajstić information content (AvgIpc) is 2.28. The van der Waals surface area contributed by atoms with Crippen molar-refractivity contribution in [1.29, 1.82) is 0 Å². The summed E-state index contributed by atoms with van der Waals surface area (Å²) in [6.07, 6.45) is 1.07. The Bertz CT molecular complexity index is 363. The van der Waals surface area contributed by atoms with Crippen LogP contribution in [0.4, 0.5) is 5.69 Å². The molecule has 0 saturated carbocycles. The van der Waals surface area contributed by atoms with Crippen LogP contribution in [0.15, 0.2) is 24.3 Å². The third-order valence-electron chi connectivity index (χ3n) is 2.72. The first kappa shape index (κ1) is 13.2. The molecule has 2 nitrogen and oxygen atoms in total. The van der Waals surface area contributed by atoms with E-state index in [9.17, 15) is 4.79 Å². The van der Waals surface area contributed by atoms with Crippen LogP contribution in [0, 0.1) is 0 Å². The Hall–Kier alpha value is -0.830. The molecule has 0 spiro atoms. The number of carbonyl (C=O) groups excluding carboxylic acids is 1. The summed E-state index contributed by atoms with van der Waals surface area (Å²) in [6, 6.07) is 7.98. The highest BCUT2D eigenvalue weighted by atomic mass is 79.9. The molecule has 2 atom stereocenters. The van der Waals surface area contributed by atoms with Gasteiger partial charge in [-0.3, -0.25) is 4.79 Å². The molecule has 0 heterocycles. The van der Waals surface area contributed by atoms with Gasteiger partial charge in [0, 0.05) is 5.69 Å². The van der Waals surface area contributed by atoms with Crippen molar-refractivity contribution in [3.63, 3.8) is 0 Å². The van der Waals surface area contributed by atoms with E-state index < -0.39 is 0 Å². The topological polar surface area (TPSA) is 29.1 Å². The minimum absolute atomic E-state index is 0.00393. The van der Waals surface area contributed by atoms with Crippen LogP contribution in [-0.4, -0.2) is 10.7 Å². The molecule has 0 aliphatic heterocycles. The van der Waals surface area contributed by atoms with Crippen LogP contribution < -0.4 is 5.32 Å². The fraction of sp³-hybridized carbons (Fsp3) is 0.462. The van der Waals surface area contributed by atoms with Crippen LogP contribution in [0.5, 0.6) is 0 Å². The second kappa shape index (κ2) is 6.04. The lowest BCUT2D eigenvalue weighted by Gasteiger charge is -2.16. The summed E-state index contributed by atoms with van der Waals surface area (Å²) in [5.74, 6) is 0.456. The minimum Gasteiger partial charge on any atom is -0.325 e. The van der Waals surface area contributed by atoms with Crippen molar-refractivity contribution in [3.05, 3.63) is 29.8 Å². The maximum Gasteiger partial charge on any atom is 0.237 e. The van der Waals surface area contributed by atoms with Gasteiger partial charge in [0.05, 0.1) is 4.83 Å². The van der Waals surface area contributed by atoms with E-state index in [0.29, 0.717) is 5.92 Å². The van der Waals surface area contributed by atoms with E-state index in [-0.39, 0.29) is 10.7 Å². The number of amides is 1. The number of halogens is 1. The number of nitrogens with one attached hydrogen (secondary N) is 1. The molecular weight excluding hydrogens is 266 g/mol. The number of hydrogen-bond donors (Lipinski definition) is 1. The van der Waals surface area contributed by atoms with Crippen molar-refractivity contribution in [2.45, 2.75) is 37.9 Å². The van der Waals surface area contributed by atoms with Gasteiger partial charge >= 0.3 is 0 Å². The van der Waals surface area contributed by atoms with Gasteiger partial charge in [0.1, 0.15) is 0 Å². The highest BCUT2D eigenvalue weighted by molar-refractivity contribution is 9.10. The highest BCUT2D eigenvalue weighted by Crippen LogP contribution is 2.26. The number of rotatable bonds is 4. The largest absolute Gasteiger partial charge is 0.325 e. The molecule has 0 bridgehead atoms. The summed E-state index contributed by atoms with van der Waals surface area (Å²) < 4.78 is 0. The minimum atomic E-state index is -0.169. The summed E-state index contributed by atoms with van der Waals surface area (Å²) in [5, 5.41) is 2.94. The van der Waals surface area contributed by atoms with E-state index in [1.807, 2.05) is 25.1 Å². The molecule has 1 amide bonds. The Morgan fingerprint density at radius 2 is 2.00 bits per heavy atom. The fourth-order valence-corrected chi connectivity index (χ4v) is 1.61. The molecule has 88 valence electrons. The zero-order valence-corrected chi connectivity index (χ0v) is 11.5. The second-order valence-corrected chi connectivity index (χ2v) is 5.38. The Balaban J connectivity index is 2.91. The lowest BCUT2D eigenvalue weighted by atomic mass is 9.97. The van der Waals surface area contributed by atoms with E-state index >= 15 is 0 Å². The maximum absolute atomic E-state index is 11.6. The van der Waals surface area contributed by atoms with Crippen molar-refractivity contribution in [2.24, 2.45) is 0 Å². The standard InChI is InChI=1S/C13H18BrNO/c1-4-9(2)11-7-5-6-8-12(11)15-13(16)10(3)14/h5-10H,4H2,1-3H3,(H,15,16). The fourth-order valence-electron chi connectivity index (χ4n) is 1.49. The van der Waals surface area contributed by atoms with Crippen LogP contribution in [0.1, 0.15) is 38.7 Å². The average molecular weight is 284 g/mol. The summed E-state index contributed by atoms with van der Waals surface area (Å²) in [6.45, 7) is 6.14. The molecule has 0 aliphatic rings. The number of alkyl halides is 1. The zero-order chi connectivity index (χ0) is 12.1. The van der Waals surface area contributed by atoms with E-state index in [2.05, 4.69) is 41.2 Å². The summed E-state index contributed by atoms with van der Waals surface area (Å²) in [5.41, 5.74) is 2.12.